The zero-order valence-corrected chi connectivity index (χ0v) is 31.0. The second-order valence-electron chi connectivity index (χ2n) is 15.0. The molecule has 2 N–H and O–H groups in total. The highest BCUT2D eigenvalue weighted by Crippen LogP contribution is 2.41. The summed E-state index contributed by atoms with van der Waals surface area (Å²) in [5.41, 5.74) is 3.25. The number of rotatable bonds is 3. The fraction of sp³-hybridized carbons (Fsp3) is 0.583. The first kappa shape index (κ1) is 35.9. The molecule has 2 bridgehead atoms. The zero-order valence-electron chi connectivity index (χ0n) is 28.4. The fourth-order valence-corrected chi connectivity index (χ4v) is 8.94. The number of sulfonamides is 1. The molecule has 11 heteroatoms. The van der Waals surface area contributed by atoms with Crippen LogP contribution in [-0.2, 0) is 27.5 Å². The summed E-state index contributed by atoms with van der Waals surface area (Å²) in [5, 5.41) is 10.9. The summed E-state index contributed by atoms with van der Waals surface area (Å²) in [4.78, 5) is 15.9. The lowest BCUT2D eigenvalue weighted by Gasteiger charge is -2.43. The third-order valence-corrected chi connectivity index (χ3v) is 17.1. The average molecular weight is 703 g/mol. The van der Waals surface area contributed by atoms with Crippen molar-refractivity contribution in [3.05, 3.63) is 70.3 Å². The van der Waals surface area contributed by atoms with Gasteiger partial charge in [0.15, 0.2) is 8.32 Å². The van der Waals surface area contributed by atoms with Crippen LogP contribution in [-0.4, -0.2) is 58.8 Å². The number of allylic oxidation sites excluding steroid dienone is 1. The van der Waals surface area contributed by atoms with Gasteiger partial charge in [-0.1, -0.05) is 50.6 Å². The monoisotopic (exact) mass is 702 g/mol. The Hall–Kier alpha value is -2.37. The number of amides is 1. The molecule has 0 spiro atoms. The molecule has 4 atom stereocenters. The Morgan fingerprint density at radius 2 is 1.83 bits per heavy atom. The molecule has 47 heavy (non-hydrogen) atoms. The first-order valence-corrected chi connectivity index (χ1v) is 21.8. The van der Waals surface area contributed by atoms with Crippen molar-refractivity contribution in [2.45, 2.75) is 102 Å². The lowest BCUT2D eigenvalue weighted by molar-refractivity contribution is 0.0180. The van der Waals surface area contributed by atoms with Crippen LogP contribution in [0, 0.1) is 11.8 Å². The smallest absolute Gasteiger partial charge is 0.264 e. The van der Waals surface area contributed by atoms with Gasteiger partial charge in [-0.3, -0.25) is 4.79 Å². The van der Waals surface area contributed by atoms with Crippen LogP contribution < -0.4 is 14.4 Å². The van der Waals surface area contributed by atoms with Crippen molar-refractivity contribution in [1.82, 2.24) is 4.72 Å². The van der Waals surface area contributed by atoms with Gasteiger partial charge in [0, 0.05) is 23.7 Å². The van der Waals surface area contributed by atoms with Crippen molar-refractivity contribution < 1.29 is 27.5 Å². The van der Waals surface area contributed by atoms with Gasteiger partial charge >= 0.3 is 0 Å². The van der Waals surface area contributed by atoms with E-state index in [9.17, 15) is 18.3 Å². The molecule has 1 amide bonds. The van der Waals surface area contributed by atoms with Crippen LogP contribution in [0.5, 0.6) is 5.75 Å². The van der Waals surface area contributed by atoms with E-state index >= 15 is 0 Å². The van der Waals surface area contributed by atoms with E-state index in [1.165, 1.54) is 5.56 Å². The molecule has 8 nitrogen and oxygen atoms in total. The summed E-state index contributed by atoms with van der Waals surface area (Å²) in [5.74, 6) is 0.402. The number of hydrogen-bond acceptors (Lipinski definition) is 7. The largest absolute Gasteiger partial charge is 0.487 e. The van der Waals surface area contributed by atoms with Crippen LogP contribution in [0.1, 0.15) is 80.8 Å². The summed E-state index contributed by atoms with van der Waals surface area (Å²) in [6.45, 7) is 12.3. The lowest BCUT2D eigenvalue weighted by atomic mass is 9.69. The number of carbonyl (C=O) groups is 1. The van der Waals surface area contributed by atoms with Gasteiger partial charge in [0.25, 0.3) is 5.91 Å². The Morgan fingerprint density at radius 3 is 2.55 bits per heavy atom. The van der Waals surface area contributed by atoms with Gasteiger partial charge in [-0.15, -0.1) is 0 Å². The van der Waals surface area contributed by atoms with Crippen molar-refractivity contribution in [3.63, 3.8) is 0 Å². The van der Waals surface area contributed by atoms with Gasteiger partial charge in [0.2, 0.25) is 10.0 Å². The maximum absolute atomic E-state index is 13.8. The molecule has 0 saturated heterocycles. The van der Waals surface area contributed by atoms with Gasteiger partial charge in [-0.25, -0.2) is 13.1 Å². The molecule has 1 saturated carbocycles. The first-order valence-electron chi connectivity index (χ1n) is 17.0. The fourth-order valence-electron chi connectivity index (χ4n) is 6.42. The Kier molecular flexibility index (Phi) is 11.2. The lowest BCUT2D eigenvalue weighted by Crippen LogP contribution is -2.46. The third-order valence-electron chi connectivity index (χ3n) is 10.7. The molecule has 0 aromatic heterocycles. The highest BCUT2D eigenvalue weighted by atomic mass is 35.5. The molecule has 0 unspecified atom stereocenters. The first-order chi connectivity index (χ1) is 22.1. The highest BCUT2D eigenvalue weighted by molar-refractivity contribution is 7.90. The number of ether oxygens (including phenoxy) is 1. The number of nitrogens with one attached hydrogen (secondary N) is 1. The molecule has 5 rings (SSSR count). The van der Waals surface area contributed by atoms with Crippen LogP contribution in [0.15, 0.2) is 48.6 Å². The zero-order chi connectivity index (χ0) is 34.0. The Labute approximate surface area is 287 Å². The quantitative estimate of drug-likeness (QED) is 0.257. The number of benzene rings is 2. The molecule has 1 aliphatic carbocycles. The van der Waals surface area contributed by atoms with Crippen molar-refractivity contribution in [1.29, 1.82) is 0 Å². The molecule has 2 heterocycles. The summed E-state index contributed by atoms with van der Waals surface area (Å²) in [6.07, 6.45) is 8.54. The topological polar surface area (TPSA) is 105 Å². The third kappa shape index (κ3) is 8.62. The Bertz CT molecular complexity index is 1570. The summed E-state index contributed by atoms with van der Waals surface area (Å²) in [6, 6.07) is 11.1. The minimum absolute atomic E-state index is 0.0187. The number of nitrogens with zero attached hydrogens (tertiary/aromatic N) is 1. The number of carbonyl (C=O) groups excluding carboxylic acids is 1. The second-order valence-corrected chi connectivity index (χ2v) is 22.2. The number of hydrogen-bond donors (Lipinski definition) is 2. The molecule has 2 aromatic rings. The van der Waals surface area contributed by atoms with Gasteiger partial charge in [-0.2, -0.15) is 0 Å². The van der Waals surface area contributed by atoms with Crippen molar-refractivity contribution >= 4 is 41.5 Å². The molecule has 1 fully saturated rings. The molecule has 3 aliphatic rings. The number of anilines is 1. The Morgan fingerprint density at radius 1 is 1.06 bits per heavy atom. The molecular formula is C36H51ClN2O6SSi. The number of aryl methyl sites for hydroxylation is 1. The Balaban J connectivity index is 1.50. The minimum Gasteiger partial charge on any atom is -0.487 e. The van der Waals surface area contributed by atoms with E-state index in [1.54, 1.807) is 18.2 Å². The molecule has 2 aliphatic heterocycles. The van der Waals surface area contributed by atoms with Crippen molar-refractivity contribution in [3.8, 4) is 5.75 Å². The molecule has 258 valence electrons. The van der Waals surface area contributed by atoms with E-state index in [0.717, 1.165) is 56.4 Å². The van der Waals surface area contributed by atoms with Crippen molar-refractivity contribution in [2.24, 2.45) is 11.8 Å². The number of aliphatic hydroxyl groups excluding tert-OH is 1. The standard InChI is InChI=1S/C36H51ClN2O6SSi/c1-36(2,3)47(4,5)45-24-30-11-6-7-12-33(40)31-17-14-27(31)22-39-19-9-8-10-25-20-29(37)16-13-28(25)23-44-34-18-15-26(21-32(34)39)35(41)38-46(30,42)43/h6-7,13,15-16,18,20-21,27,30-31,33,40H,8-12,14,17,19,22-24H2,1-5H3,(H,38,41)/b7-6-/t27-,30+,31+,33-/m0/s1. The van der Waals surface area contributed by atoms with Gasteiger partial charge in [0.1, 0.15) is 17.6 Å². The average Bonchev–Trinajstić information content (AvgIpc) is 3.00. The summed E-state index contributed by atoms with van der Waals surface area (Å²) >= 11 is 6.33. The van der Waals surface area contributed by atoms with E-state index in [2.05, 4.69) is 43.5 Å². The number of halogens is 1. The predicted molar refractivity (Wildman–Crippen MR) is 191 cm³/mol. The van der Waals surface area contributed by atoms with Crippen LogP contribution in [0.2, 0.25) is 23.2 Å². The molecule has 2 aromatic carbocycles. The van der Waals surface area contributed by atoms with Crippen LogP contribution in [0.25, 0.3) is 0 Å². The normalized spacial score (nSPS) is 26.4. The predicted octanol–water partition coefficient (Wildman–Crippen LogP) is 7.25. The van der Waals surface area contributed by atoms with Crippen molar-refractivity contribution in [2.75, 3.05) is 24.6 Å². The summed E-state index contributed by atoms with van der Waals surface area (Å²) < 4.78 is 42.7. The van der Waals surface area contributed by atoms with E-state index < -0.39 is 35.6 Å². The highest BCUT2D eigenvalue weighted by Gasteiger charge is 2.40. The number of aliphatic hydroxyl groups is 1. The van der Waals surface area contributed by atoms with Gasteiger partial charge in [-0.05, 0) is 116 Å². The molecule has 0 radical (unpaired) electrons. The molecular weight excluding hydrogens is 652 g/mol. The maximum atomic E-state index is 13.8. The number of fused-ring (bicyclic) bond motifs is 3. The van der Waals surface area contributed by atoms with Crippen LogP contribution in [0.3, 0.4) is 0 Å². The maximum Gasteiger partial charge on any atom is 0.264 e. The SMILES string of the molecule is CC(C)(C)[Si](C)(C)OC[C@H]1C/C=C\C[C@H](O)[C@@H]2CC[C@H]2CN2CCCCc3cc(Cl)ccc3COc3ccc(cc32)C(=O)NS1(=O)=O. The van der Waals surface area contributed by atoms with Crippen LogP contribution in [0.4, 0.5) is 5.69 Å². The van der Waals surface area contributed by atoms with E-state index in [-0.39, 0.29) is 29.5 Å². The van der Waals surface area contributed by atoms with E-state index in [4.69, 9.17) is 20.8 Å². The summed E-state index contributed by atoms with van der Waals surface area (Å²) in [7, 11) is -6.37. The van der Waals surface area contributed by atoms with E-state index in [1.807, 2.05) is 30.4 Å². The van der Waals surface area contributed by atoms with Gasteiger partial charge < -0.3 is 19.2 Å². The minimum atomic E-state index is -4.11. The van der Waals surface area contributed by atoms with Crippen LogP contribution >= 0.6 is 11.6 Å². The van der Waals surface area contributed by atoms with E-state index in [0.29, 0.717) is 29.7 Å². The van der Waals surface area contributed by atoms with Gasteiger partial charge in [0.05, 0.1) is 18.4 Å². The second kappa shape index (κ2) is 14.6.